The molecule has 0 spiro atoms. The number of piperazine rings is 1. The van der Waals surface area contributed by atoms with E-state index >= 15 is 0 Å². The zero-order chi connectivity index (χ0) is 16.4. The minimum atomic E-state index is 0.731. The molecule has 3 aromatic rings. The zero-order valence-corrected chi connectivity index (χ0v) is 14.2. The first-order valence-electron chi connectivity index (χ1n) is 8.24. The normalized spacial score (nSPS) is 16.7. The van der Waals surface area contributed by atoms with Crippen molar-refractivity contribution in [1.82, 2.24) is 24.2 Å². The van der Waals surface area contributed by atoms with E-state index in [0.717, 1.165) is 61.3 Å². The van der Waals surface area contributed by atoms with Gasteiger partial charge in [0.15, 0.2) is 0 Å². The highest BCUT2D eigenvalue weighted by Crippen LogP contribution is 2.14. The lowest BCUT2D eigenvalue weighted by Gasteiger charge is -2.34. The number of hydrogen-bond donors (Lipinski definition) is 0. The Balaban J connectivity index is 1.34. The van der Waals surface area contributed by atoms with Gasteiger partial charge < -0.3 is 4.40 Å². The molecule has 1 saturated heterocycles. The van der Waals surface area contributed by atoms with Gasteiger partial charge in [-0.25, -0.2) is 4.98 Å². The van der Waals surface area contributed by atoms with E-state index < -0.39 is 0 Å². The van der Waals surface area contributed by atoms with Crippen molar-refractivity contribution in [3.8, 4) is 0 Å². The summed E-state index contributed by atoms with van der Waals surface area (Å²) in [5.74, 6) is 0. The number of imidazole rings is 1. The van der Waals surface area contributed by atoms with Crippen LogP contribution in [0.25, 0.3) is 5.65 Å². The highest BCUT2D eigenvalue weighted by atomic mass is 35.5. The summed E-state index contributed by atoms with van der Waals surface area (Å²) < 4.78 is 2.00. The fourth-order valence-corrected chi connectivity index (χ4v) is 3.32. The molecule has 1 fully saturated rings. The van der Waals surface area contributed by atoms with Crippen molar-refractivity contribution in [3.05, 3.63) is 65.3 Å². The van der Waals surface area contributed by atoms with E-state index in [-0.39, 0.29) is 0 Å². The molecule has 1 aliphatic rings. The maximum atomic E-state index is 6.03. The third-order valence-electron chi connectivity index (χ3n) is 4.43. The number of pyridine rings is 2. The first-order chi connectivity index (χ1) is 11.8. The molecule has 0 unspecified atom stereocenters. The lowest BCUT2D eigenvalue weighted by atomic mass is 10.2. The van der Waals surface area contributed by atoms with Crippen LogP contribution >= 0.6 is 11.6 Å². The summed E-state index contributed by atoms with van der Waals surface area (Å²) >= 11 is 6.03. The Hall–Kier alpha value is -1.95. The van der Waals surface area contributed by atoms with Gasteiger partial charge in [-0.3, -0.25) is 14.8 Å². The molecule has 0 atom stereocenters. The smallest absolute Gasteiger partial charge is 0.137 e. The van der Waals surface area contributed by atoms with Crippen LogP contribution < -0.4 is 0 Å². The van der Waals surface area contributed by atoms with E-state index in [9.17, 15) is 0 Å². The Morgan fingerprint density at radius 1 is 0.875 bits per heavy atom. The van der Waals surface area contributed by atoms with Crippen molar-refractivity contribution in [3.63, 3.8) is 0 Å². The first-order valence-corrected chi connectivity index (χ1v) is 8.62. The molecule has 0 N–H and O–H groups in total. The van der Waals surface area contributed by atoms with E-state index in [1.54, 1.807) is 0 Å². The summed E-state index contributed by atoms with van der Waals surface area (Å²) in [6.45, 7) is 6.06. The van der Waals surface area contributed by atoms with Crippen LogP contribution in [-0.4, -0.2) is 50.3 Å². The van der Waals surface area contributed by atoms with E-state index in [2.05, 4.69) is 32.0 Å². The largest absolute Gasteiger partial charge is 0.305 e. The second-order valence-electron chi connectivity index (χ2n) is 6.22. The Morgan fingerprint density at radius 2 is 1.62 bits per heavy atom. The molecule has 5 nitrogen and oxygen atoms in total. The molecular weight excluding hydrogens is 322 g/mol. The molecule has 4 heterocycles. The Morgan fingerprint density at radius 3 is 2.33 bits per heavy atom. The number of fused-ring (bicyclic) bond motifs is 1. The van der Waals surface area contributed by atoms with Gasteiger partial charge in [-0.05, 0) is 24.3 Å². The van der Waals surface area contributed by atoms with Crippen LogP contribution in [0.4, 0.5) is 0 Å². The lowest BCUT2D eigenvalue weighted by molar-refractivity contribution is 0.120. The standard InChI is InChI=1S/C18H20ClN5/c19-15-4-5-18-21-17(14-24(18)11-15)13-23-9-7-22(8-10-23)12-16-3-1-2-6-20-16/h1-6,11,14H,7-10,12-13H2. The minimum Gasteiger partial charge on any atom is -0.305 e. The minimum absolute atomic E-state index is 0.731. The van der Waals surface area contributed by atoms with Gasteiger partial charge in [0, 0.05) is 57.9 Å². The quantitative estimate of drug-likeness (QED) is 0.731. The van der Waals surface area contributed by atoms with Gasteiger partial charge in [0.2, 0.25) is 0 Å². The number of halogens is 1. The van der Waals surface area contributed by atoms with E-state index in [1.165, 1.54) is 0 Å². The van der Waals surface area contributed by atoms with Crippen LogP contribution in [0.15, 0.2) is 48.9 Å². The fraction of sp³-hybridized carbons (Fsp3) is 0.333. The fourth-order valence-electron chi connectivity index (χ4n) is 3.15. The predicted octanol–water partition coefficient (Wildman–Crippen LogP) is 2.70. The monoisotopic (exact) mass is 341 g/mol. The molecule has 4 rings (SSSR count). The van der Waals surface area contributed by atoms with Crippen molar-refractivity contribution in [1.29, 1.82) is 0 Å². The Kier molecular flexibility index (Phi) is 4.47. The van der Waals surface area contributed by atoms with Gasteiger partial charge in [0.05, 0.1) is 16.4 Å². The summed E-state index contributed by atoms with van der Waals surface area (Å²) in [5, 5.41) is 0.731. The topological polar surface area (TPSA) is 36.7 Å². The summed E-state index contributed by atoms with van der Waals surface area (Å²) in [4.78, 5) is 14.0. The molecule has 0 radical (unpaired) electrons. The van der Waals surface area contributed by atoms with Gasteiger partial charge in [-0.2, -0.15) is 0 Å². The number of aromatic nitrogens is 3. The van der Waals surface area contributed by atoms with Crippen LogP contribution in [0.2, 0.25) is 5.02 Å². The van der Waals surface area contributed by atoms with Crippen LogP contribution in [0.5, 0.6) is 0 Å². The highest BCUT2D eigenvalue weighted by Gasteiger charge is 2.18. The average molecular weight is 342 g/mol. The van der Waals surface area contributed by atoms with Crippen LogP contribution in [0, 0.1) is 0 Å². The van der Waals surface area contributed by atoms with E-state index in [1.807, 2.05) is 41.1 Å². The second-order valence-corrected chi connectivity index (χ2v) is 6.65. The predicted molar refractivity (Wildman–Crippen MR) is 95.0 cm³/mol. The Labute approximate surface area is 146 Å². The maximum Gasteiger partial charge on any atom is 0.137 e. The third kappa shape index (κ3) is 3.59. The maximum absolute atomic E-state index is 6.03. The molecule has 3 aromatic heterocycles. The molecule has 1 aliphatic heterocycles. The van der Waals surface area contributed by atoms with Crippen molar-refractivity contribution < 1.29 is 0 Å². The molecule has 0 bridgehead atoms. The second kappa shape index (κ2) is 6.89. The van der Waals surface area contributed by atoms with Crippen molar-refractivity contribution in [2.75, 3.05) is 26.2 Å². The molecule has 0 amide bonds. The molecular formula is C18H20ClN5. The Bertz CT molecular complexity index is 809. The molecule has 6 heteroatoms. The molecule has 24 heavy (non-hydrogen) atoms. The highest BCUT2D eigenvalue weighted by molar-refractivity contribution is 6.30. The SMILES string of the molecule is Clc1ccc2nc(CN3CCN(Cc4ccccn4)CC3)cn2c1. The van der Waals surface area contributed by atoms with Gasteiger partial charge in [-0.1, -0.05) is 17.7 Å². The van der Waals surface area contributed by atoms with Crippen LogP contribution in [-0.2, 0) is 13.1 Å². The summed E-state index contributed by atoms with van der Waals surface area (Å²) in [5.41, 5.74) is 3.18. The zero-order valence-electron chi connectivity index (χ0n) is 13.5. The number of nitrogens with zero attached hydrogens (tertiary/aromatic N) is 5. The molecule has 124 valence electrons. The third-order valence-corrected chi connectivity index (χ3v) is 4.65. The summed E-state index contributed by atoms with van der Waals surface area (Å²) in [6.07, 6.45) is 5.83. The van der Waals surface area contributed by atoms with Gasteiger partial charge in [0.1, 0.15) is 5.65 Å². The number of hydrogen-bond acceptors (Lipinski definition) is 4. The van der Waals surface area contributed by atoms with Crippen molar-refractivity contribution >= 4 is 17.2 Å². The first kappa shape index (κ1) is 15.6. The van der Waals surface area contributed by atoms with Crippen molar-refractivity contribution in [2.45, 2.75) is 13.1 Å². The van der Waals surface area contributed by atoms with E-state index in [0.29, 0.717) is 0 Å². The summed E-state index contributed by atoms with van der Waals surface area (Å²) in [7, 11) is 0. The molecule has 0 saturated carbocycles. The molecule has 0 aliphatic carbocycles. The van der Waals surface area contributed by atoms with Crippen LogP contribution in [0.1, 0.15) is 11.4 Å². The van der Waals surface area contributed by atoms with Crippen LogP contribution in [0.3, 0.4) is 0 Å². The van der Waals surface area contributed by atoms with Gasteiger partial charge in [0.25, 0.3) is 0 Å². The summed E-state index contributed by atoms with van der Waals surface area (Å²) in [6, 6.07) is 9.94. The molecule has 0 aromatic carbocycles. The van der Waals surface area contributed by atoms with Gasteiger partial charge >= 0.3 is 0 Å². The number of rotatable bonds is 4. The average Bonchev–Trinajstić information content (AvgIpc) is 2.99. The lowest BCUT2D eigenvalue weighted by Crippen LogP contribution is -2.45. The van der Waals surface area contributed by atoms with Crippen molar-refractivity contribution in [2.24, 2.45) is 0 Å². The van der Waals surface area contributed by atoms with E-state index in [4.69, 9.17) is 11.6 Å². The van der Waals surface area contributed by atoms with Gasteiger partial charge in [-0.15, -0.1) is 0 Å².